The number of rotatable bonds is 7. The van der Waals surface area contributed by atoms with E-state index in [4.69, 9.17) is 5.11 Å². The third-order valence-electron chi connectivity index (χ3n) is 2.53. The van der Waals surface area contributed by atoms with Crippen molar-refractivity contribution in [2.45, 2.75) is 39.3 Å². The number of carbonyl (C=O) groups excluding carboxylic acids is 1. The van der Waals surface area contributed by atoms with Crippen LogP contribution in [0.3, 0.4) is 0 Å². The number of hydrogen-bond acceptors (Lipinski definition) is 3. The van der Waals surface area contributed by atoms with Gasteiger partial charge in [-0.25, -0.2) is 9.13 Å². The molecule has 0 aliphatic rings. The zero-order valence-electron chi connectivity index (χ0n) is 9.76. The van der Waals surface area contributed by atoms with Gasteiger partial charge in [0.1, 0.15) is 18.9 Å². The summed E-state index contributed by atoms with van der Waals surface area (Å²) >= 11 is 0. The van der Waals surface area contributed by atoms with Gasteiger partial charge in [0.2, 0.25) is 0 Å². The van der Waals surface area contributed by atoms with Gasteiger partial charge >= 0.3 is 5.97 Å². The first-order valence-electron chi connectivity index (χ1n) is 5.53. The SMILES string of the molecule is CCc1n(CCC(=O)O)cc[n+]1CCC(=O)[O-]. The molecule has 6 heteroatoms. The predicted molar refractivity (Wildman–Crippen MR) is 55.9 cm³/mol. The molecule has 0 aliphatic heterocycles. The smallest absolute Gasteiger partial charge is 0.307 e. The summed E-state index contributed by atoms with van der Waals surface area (Å²) in [5.41, 5.74) is 0. The molecule has 0 atom stereocenters. The van der Waals surface area contributed by atoms with Crippen LogP contribution in [0.25, 0.3) is 0 Å². The van der Waals surface area contributed by atoms with Crippen molar-refractivity contribution >= 4 is 11.9 Å². The van der Waals surface area contributed by atoms with Gasteiger partial charge in [-0.05, 0) is 0 Å². The Morgan fingerprint density at radius 3 is 2.71 bits per heavy atom. The van der Waals surface area contributed by atoms with Crippen LogP contribution in [0, 0.1) is 0 Å². The summed E-state index contributed by atoms with van der Waals surface area (Å²) in [5, 5.41) is 19.0. The summed E-state index contributed by atoms with van der Waals surface area (Å²) in [6.07, 6.45) is 4.28. The Morgan fingerprint density at radius 2 is 2.18 bits per heavy atom. The second-order valence-corrected chi connectivity index (χ2v) is 3.72. The molecule has 6 nitrogen and oxygen atoms in total. The summed E-state index contributed by atoms with van der Waals surface area (Å²) in [6.45, 7) is 2.70. The predicted octanol–water partition coefficient (Wildman–Crippen LogP) is -1.05. The minimum atomic E-state index is -1.09. The van der Waals surface area contributed by atoms with Gasteiger partial charge in [-0.1, -0.05) is 6.92 Å². The van der Waals surface area contributed by atoms with Gasteiger partial charge in [-0.3, -0.25) is 4.79 Å². The Morgan fingerprint density at radius 1 is 1.47 bits per heavy atom. The van der Waals surface area contributed by atoms with Crippen molar-refractivity contribution in [2.75, 3.05) is 0 Å². The van der Waals surface area contributed by atoms with Crippen molar-refractivity contribution in [2.24, 2.45) is 0 Å². The van der Waals surface area contributed by atoms with Gasteiger partial charge in [0, 0.05) is 18.8 Å². The number of hydrogen-bond donors (Lipinski definition) is 1. The number of carbonyl (C=O) groups is 2. The molecular weight excluding hydrogens is 224 g/mol. The highest BCUT2D eigenvalue weighted by atomic mass is 16.4. The Labute approximate surface area is 99.1 Å². The molecule has 0 saturated heterocycles. The van der Waals surface area contributed by atoms with Crippen molar-refractivity contribution in [3.8, 4) is 0 Å². The molecule has 1 N–H and O–H groups in total. The average Bonchev–Trinajstić information content (AvgIpc) is 2.65. The number of aromatic nitrogens is 2. The maximum absolute atomic E-state index is 10.5. The quantitative estimate of drug-likeness (QED) is 0.616. The first-order chi connectivity index (χ1) is 8.04. The van der Waals surface area contributed by atoms with Crippen LogP contribution in [-0.2, 0) is 29.1 Å². The van der Waals surface area contributed by atoms with Gasteiger partial charge < -0.3 is 15.0 Å². The molecule has 0 bridgehead atoms. The second-order valence-electron chi connectivity index (χ2n) is 3.72. The molecule has 1 aromatic rings. The molecule has 0 spiro atoms. The molecule has 0 aromatic carbocycles. The minimum absolute atomic E-state index is 0.0411. The summed E-state index contributed by atoms with van der Waals surface area (Å²) in [7, 11) is 0. The summed E-state index contributed by atoms with van der Waals surface area (Å²) in [4.78, 5) is 20.9. The van der Waals surface area contributed by atoms with Gasteiger partial charge in [0.25, 0.3) is 5.82 Å². The summed E-state index contributed by atoms with van der Waals surface area (Å²) < 4.78 is 3.65. The summed E-state index contributed by atoms with van der Waals surface area (Å²) in [6, 6.07) is 0. The Kier molecular flexibility index (Phi) is 4.68. The summed E-state index contributed by atoms with van der Waals surface area (Å²) in [5.74, 6) is -1.01. The minimum Gasteiger partial charge on any atom is -0.550 e. The van der Waals surface area contributed by atoms with Crippen LogP contribution in [0.15, 0.2) is 12.4 Å². The lowest BCUT2D eigenvalue weighted by molar-refractivity contribution is -0.703. The lowest BCUT2D eigenvalue weighted by Gasteiger charge is -2.03. The maximum Gasteiger partial charge on any atom is 0.307 e. The maximum atomic E-state index is 10.5. The Balaban J connectivity index is 2.72. The van der Waals surface area contributed by atoms with Gasteiger partial charge in [0.05, 0.1) is 13.0 Å². The fraction of sp³-hybridized carbons (Fsp3) is 0.545. The molecule has 0 saturated carbocycles. The highest BCUT2D eigenvalue weighted by Gasteiger charge is 2.15. The topological polar surface area (TPSA) is 86.2 Å². The first kappa shape index (κ1) is 13.2. The average molecular weight is 240 g/mol. The van der Waals surface area contributed by atoms with Crippen molar-refractivity contribution in [3.05, 3.63) is 18.2 Å². The highest BCUT2D eigenvalue weighted by Crippen LogP contribution is 1.99. The molecule has 1 aromatic heterocycles. The lowest BCUT2D eigenvalue weighted by atomic mass is 10.3. The molecule has 1 heterocycles. The van der Waals surface area contributed by atoms with E-state index in [1.807, 2.05) is 16.1 Å². The van der Waals surface area contributed by atoms with Crippen LogP contribution in [0.1, 0.15) is 25.6 Å². The molecule has 17 heavy (non-hydrogen) atoms. The lowest BCUT2D eigenvalue weighted by Crippen LogP contribution is -2.40. The van der Waals surface area contributed by atoms with Crippen LogP contribution in [0.4, 0.5) is 0 Å². The highest BCUT2D eigenvalue weighted by molar-refractivity contribution is 5.66. The number of nitrogens with zero attached hydrogens (tertiary/aromatic N) is 2. The van der Waals surface area contributed by atoms with Crippen LogP contribution >= 0.6 is 0 Å². The Bertz CT molecular complexity index is 376. The number of aryl methyl sites for hydroxylation is 2. The first-order valence-corrected chi connectivity index (χ1v) is 5.53. The zero-order chi connectivity index (χ0) is 12.8. The van der Waals surface area contributed by atoms with Crippen molar-refractivity contribution < 1.29 is 24.4 Å². The molecule has 0 aliphatic carbocycles. The molecule has 0 radical (unpaired) electrons. The van der Waals surface area contributed by atoms with E-state index in [1.165, 1.54) is 0 Å². The van der Waals surface area contributed by atoms with Gasteiger partial charge in [-0.15, -0.1) is 0 Å². The van der Waals surface area contributed by atoms with Crippen LogP contribution < -0.4 is 9.67 Å². The number of carboxylic acid groups (broad SMARTS) is 2. The molecule has 0 fully saturated rings. The van der Waals surface area contributed by atoms with Crippen molar-refractivity contribution in [1.82, 2.24) is 4.57 Å². The number of aliphatic carboxylic acids is 2. The fourth-order valence-electron chi connectivity index (χ4n) is 1.74. The third-order valence-corrected chi connectivity index (χ3v) is 2.53. The van der Waals surface area contributed by atoms with E-state index < -0.39 is 11.9 Å². The van der Waals surface area contributed by atoms with Crippen LogP contribution in [0.5, 0.6) is 0 Å². The van der Waals surface area contributed by atoms with Gasteiger partial charge in [-0.2, -0.15) is 0 Å². The molecular formula is C11H16N2O4. The van der Waals surface area contributed by atoms with E-state index in [0.717, 1.165) is 12.2 Å². The van der Waals surface area contributed by atoms with Gasteiger partial charge in [0.15, 0.2) is 0 Å². The fourth-order valence-corrected chi connectivity index (χ4v) is 1.74. The van der Waals surface area contributed by atoms with Crippen LogP contribution in [0.2, 0.25) is 0 Å². The van der Waals surface area contributed by atoms with Crippen LogP contribution in [-0.4, -0.2) is 21.6 Å². The monoisotopic (exact) mass is 240 g/mol. The van der Waals surface area contributed by atoms with E-state index in [0.29, 0.717) is 13.1 Å². The third kappa shape index (κ3) is 3.90. The number of imidazole rings is 1. The van der Waals surface area contributed by atoms with E-state index in [9.17, 15) is 14.7 Å². The van der Waals surface area contributed by atoms with E-state index in [1.54, 1.807) is 12.4 Å². The molecule has 0 amide bonds. The largest absolute Gasteiger partial charge is 0.550 e. The van der Waals surface area contributed by atoms with E-state index in [-0.39, 0.29) is 12.8 Å². The number of carboxylic acids is 2. The molecule has 94 valence electrons. The Hall–Kier alpha value is -1.85. The standard InChI is InChI=1S/C11H16N2O4/c1-2-9-12(5-3-10(14)15)7-8-13(9)6-4-11(16)17/h7-8H,2-6H2,1H3,(H-,14,15,16,17). The van der Waals surface area contributed by atoms with E-state index >= 15 is 0 Å². The molecule has 0 unspecified atom stereocenters. The normalized spacial score (nSPS) is 10.4. The molecule has 1 rings (SSSR count). The van der Waals surface area contributed by atoms with E-state index in [2.05, 4.69) is 0 Å². The second kappa shape index (κ2) is 6.03. The zero-order valence-corrected chi connectivity index (χ0v) is 9.76. The van der Waals surface area contributed by atoms with Crippen molar-refractivity contribution in [3.63, 3.8) is 0 Å². The van der Waals surface area contributed by atoms with Crippen molar-refractivity contribution in [1.29, 1.82) is 0 Å².